The van der Waals surface area contributed by atoms with E-state index in [0.29, 0.717) is 17.5 Å². The number of fused-ring (bicyclic) bond motifs is 6. The Hall–Kier alpha value is -7.69. The van der Waals surface area contributed by atoms with Gasteiger partial charge >= 0.3 is 0 Å². The number of benzene rings is 9. The van der Waals surface area contributed by atoms with Gasteiger partial charge in [-0.3, -0.25) is 0 Å². The second-order valence-electron chi connectivity index (χ2n) is 14.4. The Kier molecular flexibility index (Phi) is 7.78. The van der Waals surface area contributed by atoms with Crippen molar-refractivity contribution in [3.63, 3.8) is 0 Å². The average molecular weight is 728 g/mol. The van der Waals surface area contributed by atoms with Crippen molar-refractivity contribution >= 4 is 43.5 Å². The summed E-state index contributed by atoms with van der Waals surface area (Å²) in [4.78, 5) is 14.7. The Labute approximate surface area is 329 Å². The number of rotatable bonds is 6. The van der Waals surface area contributed by atoms with E-state index in [1.165, 1.54) is 27.5 Å². The van der Waals surface area contributed by atoms with Gasteiger partial charge < -0.3 is 4.42 Å². The zero-order valence-electron chi connectivity index (χ0n) is 30.8. The Morgan fingerprint density at radius 3 is 1.46 bits per heavy atom. The van der Waals surface area contributed by atoms with Gasteiger partial charge in [-0.25, -0.2) is 15.0 Å². The van der Waals surface area contributed by atoms with E-state index in [4.69, 9.17) is 19.4 Å². The molecule has 11 rings (SSSR count). The Morgan fingerprint density at radius 2 is 0.807 bits per heavy atom. The van der Waals surface area contributed by atoms with Gasteiger partial charge in [-0.1, -0.05) is 182 Å². The molecule has 4 nitrogen and oxygen atoms in total. The van der Waals surface area contributed by atoms with Gasteiger partial charge in [-0.05, 0) is 67.7 Å². The van der Waals surface area contributed by atoms with Crippen molar-refractivity contribution in [3.8, 4) is 67.5 Å². The number of nitrogens with zero attached hydrogens (tertiary/aromatic N) is 3. The second kappa shape index (κ2) is 13.6. The lowest BCUT2D eigenvalue weighted by Gasteiger charge is -2.11. The van der Waals surface area contributed by atoms with Crippen molar-refractivity contribution in [3.05, 3.63) is 200 Å². The summed E-state index contributed by atoms with van der Waals surface area (Å²) in [6.07, 6.45) is 0. The van der Waals surface area contributed by atoms with Crippen molar-refractivity contribution in [2.24, 2.45) is 0 Å². The van der Waals surface area contributed by atoms with Gasteiger partial charge in [-0.15, -0.1) is 0 Å². The van der Waals surface area contributed by atoms with Crippen LogP contribution in [0.5, 0.6) is 0 Å². The molecule has 0 amide bonds. The van der Waals surface area contributed by atoms with E-state index in [-0.39, 0.29) is 0 Å². The molecule has 57 heavy (non-hydrogen) atoms. The standard InChI is InChI=1S/C53H33N3O/c1-3-13-38(14-4-1)51-54-52(39-15-5-2-6-16-39)56-53(55-51)40-29-24-36(25-30-40)35-22-27-37(28-23-35)46-33-47-49-43(42-31-26-34-12-7-8-17-41(34)32-42)20-11-21-48(49)57-50(47)45-19-10-9-18-44(45)46/h1-33H. The summed E-state index contributed by atoms with van der Waals surface area (Å²) in [5, 5.41) is 6.98. The largest absolute Gasteiger partial charge is 0.455 e. The van der Waals surface area contributed by atoms with Crippen LogP contribution in [-0.4, -0.2) is 15.0 Å². The number of hydrogen-bond donors (Lipinski definition) is 0. The van der Waals surface area contributed by atoms with Crippen molar-refractivity contribution in [2.75, 3.05) is 0 Å². The van der Waals surface area contributed by atoms with Gasteiger partial charge in [-0.2, -0.15) is 0 Å². The molecule has 0 atom stereocenters. The molecule has 0 spiro atoms. The summed E-state index contributed by atoms with van der Waals surface area (Å²) >= 11 is 0. The molecule has 2 heterocycles. The summed E-state index contributed by atoms with van der Waals surface area (Å²) in [7, 11) is 0. The summed E-state index contributed by atoms with van der Waals surface area (Å²) in [5.74, 6) is 1.94. The SMILES string of the molecule is c1ccc(-c2nc(-c3ccccc3)nc(-c3ccc(-c4ccc(-c5cc6c(oc7cccc(-c8ccc9ccccc9c8)c76)c6ccccc56)cc4)cc3)n2)cc1. The lowest BCUT2D eigenvalue weighted by Crippen LogP contribution is -2.00. The molecule has 2 aromatic heterocycles. The molecule has 11 aromatic rings. The molecule has 0 aliphatic carbocycles. The van der Waals surface area contributed by atoms with E-state index >= 15 is 0 Å². The van der Waals surface area contributed by atoms with Crippen molar-refractivity contribution in [1.29, 1.82) is 0 Å². The minimum absolute atomic E-state index is 0.641. The molecule has 4 heteroatoms. The molecule has 0 N–H and O–H groups in total. The van der Waals surface area contributed by atoms with Crippen molar-refractivity contribution < 1.29 is 4.42 Å². The average Bonchev–Trinajstić information content (AvgIpc) is 3.68. The Bertz CT molecular complexity index is 3200. The van der Waals surface area contributed by atoms with Gasteiger partial charge in [0, 0.05) is 32.8 Å². The van der Waals surface area contributed by atoms with Gasteiger partial charge in [0.25, 0.3) is 0 Å². The second-order valence-corrected chi connectivity index (χ2v) is 14.4. The van der Waals surface area contributed by atoms with Crippen LogP contribution in [0.3, 0.4) is 0 Å². The van der Waals surface area contributed by atoms with E-state index in [1.54, 1.807) is 0 Å². The quantitative estimate of drug-likeness (QED) is 0.171. The highest BCUT2D eigenvalue weighted by molar-refractivity contribution is 6.22. The van der Waals surface area contributed by atoms with E-state index < -0.39 is 0 Å². The maximum Gasteiger partial charge on any atom is 0.164 e. The molecule has 0 saturated carbocycles. The first-order valence-corrected chi connectivity index (χ1v) is 19.2. The molecule has 0 fully saturated rings. The fraction of sp³-hybridized carbons (Fsp3) is 0. The zero-order chi connectivity index (χ0) is 37.7. The molecule has 0 radical (unpaired) electrons. The number of aromatic nitrogens is 3. The van der Waals surface area contributed by atoms with Crippen molar-refractivity contribution in [2.45, 2.75) is 0 Å². The molecule has 0 unspecified atom stereocenters. The molecular weight excluding hydrogens is 695 g/mol. The predicted molar refractivity (Wildman–Crippen MR) is 235 cm³/mol. The third kappa shape index (κ3) is 5.83. The van der Waals surface area contributed by atoms with Crippen LogP contribution in [0.15, 0.2) is 205 Å². The molecule has 266 valence electrons. The van der Waals surface area contributed by atoms with Crippen LogP contribution < -0.4 is 0 Å². The first-order valence-electron chi connectivity index (χ1n) is 19.2. The number of hydrogen-bond acceptors (Lipinski definition) is 4. The van der Waals surface area contributed by atoms with Crippen LogP contribution in [0.1, 0.15) is 0 Å². The Balaban J connectivity index is 0.969. The fourth-order valence-corrected chi connectivity index (χ4v) is 8.08. The van der Waals surface area contributed by atoms with Crippen LogP contribution in [0, 0.1) is 0 Å². The fourth-order valence-electron chi connectivity index (χ4n) is 8.08. The molecule has 0 aliphatic rings. The number of furan rings is 1. The molecule has 0 saturated heterocycles. The topological polar surface area (TPSA) is 51.8 Å². The summed E-state index contributed by atoms with van der Waals surface area (Å²) in [6.45, 7) is 0. The maximum absolute atomic E-state index is 6.67. The predicted octanol–water partition coefficient (Wildman–Crippen LogP) is 14.1. The minimum Gasteiger partial charge on any atom is -0.455 e. The lowest BCUT2D eigenvalue weighted by atomic mass is 9.92. The Morgan fingerprint density at radius 1 is 0.298 bits per heavy atom. The first-order chi connectivity index (χ1) is 28.2. The maximum atomic E-state index is 6.67. The highest BCUT2D eigenvalue weighted by Gasteiger charge is 2.18. The summed E-state index contributed by atoms with van der Waals surface area (Å²) < 4.78 is 6.67. The third-order valence-corrected chi connectivity index (χ3v) is 10.9. The third-order valence-electron chi connectivity index (χ3n) is 10.9. The van der Waals surface area contributed by atoms with Crippen LogP contribution in [0.2, 0.25) is 0 Å². The van der Waals surface area contributed by atoms with Crippen LogP contribution in [0.4, 0.5) is 0 Å². The van der Waals surface area contributed by atoms with Crippen LogP contribution in [0.25, 0.3) is 111 Å². The lowest BCUT2D eigenvalue weighted by molar-refractivity contribution is 0.673. The first kappa shape index (κ1) is 32.7. The highest BCUT2D eigenvalue weighted by Crippen LogP contribution is 2.43. The zero-order valence-corrected chi connectivity index (χ0v) is 30.8. The van der Waals surface area contributed by atoms with E-state index in [9.17, 15) is 0 Å². The van der Waals surface area contributed by atoms with E-state index in [2.05, 4.69) is 140 Å². The monoisotopic (exact) mass is 727 g/mol. The molecule has 0 bridgehead atoms. The van der Waals surface area contributed by atoms with E-state index in [1.807, 2.05) is 60.7 Å². The van der Waals surface area contributed by atoms with Gasteiger partial charge in [0.15, 0.2) is 17.5 Å². The smallest absolute Gasteiger partial charge is 0.164 e. The van der Waals surface area contributed by atoms with Gasteiger partial charge in [0.2, 0.25) is 0 Å². The molecule has 0 aliphatic heterocycles. The van der Waals surface area contributed by atoms with Gasteiger partial charge in [0.05, 0.1) is 0 Å². The van der Waals surface area contributed by atoms with Gasteiger partial charge in [0.1, 0.15) is 11.2 Å². The summed E-state index contributed by atoms with van der Waals surface area (Å²) in [5.41, 5.74) is 11.6. The van der Waals surface area contributed by atoms with Crippen molar-refractivity contribution in [1.82, 2.24) is 15.0 Å². The van der Waals surface area contributed by atoms with E-state index in [0.717, 1.165) is 66.1 Å². The highest BCUT2D eigenvalue weighted by atomic mass is 16.3. The summed E-state index contributed by atoms with van der Waals surface area (Å²) in [6, 6.07) is 70.0. The molecular formula is C53H33N3O. The molecule has 9 aromatic carbocycles. The normalized spacial score (nSPS) is 11.5. The van der Waals surface area contributed by atoms with Crippen LogP contribution in [-0.2, 0) is 0 Å². The van der Waals surface area contributed by atoms with Crippen LogP contribution >= 0.6 is 0 Å². The minimum atomic E-state index is 0.641.